The molecule has 3 heterocycles. The van der Waals surface area contributed by atoms with Crippen LogP contribution in [0.25, 0.3) is 0 Å². The molecular formula is C21H22F2O4. The van der Waals surface area contributed by atoms with Crippen molar-refractivity contribution in [1.82, 2.24) is 0 Å². The average molecular weight is 376 g/mol. The summed E-state index contributed by atoms with van der Waals surface area (Å²) in [5.74, 6) is -3.55. The lowest BCUT2D eigenvalue weighted by molar-refractivity contribution is -0.461. The Labute approximate surface area is 157 Å². The molecule has 3 aliphatic rings. The Bertz CT molecular complexity index is 725. The first-order valence-electron chi connectivity index (χ1n) is 9.06. The van der Waals surface area contributed by atoms with Crippen LogP contribution in [0, 0.1) is 5.92 Å². The largest absolute Gasteiger partial charge is 0.376 e. The van der Waals surface area contributed by atoms with Gasteiger partial charge in [-0.15, -0.1) is 0 Å². The Balaban J connectivity index is 1.33. The van der Waals surface area contributed by atoms with Crippen molar-refractivity contribution in [2.45, 2.75) is 37.6 Å². The van der Waals surface area contributed by atoms with Crippen molar-refractivity contribution in [1.29, 1.82) is 0 Å². The summed E-state index contributed by atoms with van der Waals surface area (Å²) in [6, 6.07) is 19.3. The molecule has 0 spiro atoms. The van der Waals surface area contributed by atoms with Crippen LogP contribution >= 0.6 is 0 Å². The van der Waals surface area contributed by atoms with Crippen molar-refractivity contribution in [2.24, 2.45) is 5.92 Å². The SMILES string of the molecule is FC1(F)[C@H]2O[C@@H]1[C@H](COCc1ccccc1)[C@@H](COCc1ccccc1)O2. The number of rotatable bonds is 8. The highest BCUT2D eigenvalue weighted by atomic mass is 19.3. The summed E-state index contributed by atoms with van der Waals surface area (Å²) in [5.41, 5.74) is 2.02. The van der Waals surface area contributed by atoms with E-state index < -0.39 is 30.3 Å². The first kappa shape index (κ1) is 18.5. The Morgan fingerprint density at radius 2 is 1.33 bits per heavy atom. The maximum Gasteiger partial charge on any atom is 0.323 e. The van der Waals surface area contributed by atoms with Crippen molar-refractivity contribution < 1.29 is 27.7 Å². The third-order valence-corrected chi connectivity index (χ3v) is 4.94. The molecule has 0 radical (unpaired) electrons. The molecule has 4 atom stereocenters. The number of halogens is 2. The highest BCUT2D eigenvalue weighted by Gasteiger charge is 2.68. The van der Waals surface area contributed by atoms with Crippen LogP contribution in [-0.2, 0) is 32.2 Å². The van der Waals surface area contributed by atoms with Gasteiger partial charge in [0.05, 0.1) is 32.5 Å². The lowest BCUT2D eigenvalue weighted by Gasteiger charge is -2.54. The fourth-order valence-electron chi connectivity index (χ4n) is 3.45. The van der Waals surface area contributed by atoms with Crippen molar-refractivity contribution >= 4 is 0 Å². The van der Waals surface area contributed by atoms with Gasteiger partial charge in [0.1, 0.15) is 6.10 Å². The van der Waals surface area contributed by atoms with Gasteiger partial charge in [0, 0.05) is 5.92 Å². The van der Waals surface area contributed by atoms with E-state index in [-0.39, 0.29) is 13.2 Å². The van der Waals surface area contributed by atoms with Crippen LogP contribution in [0.15, 0.2) is 60.7 Å². The van der Waals surface area contributed by atoms with Gasteiger partial charge in [-0.2, -0.15) is 8.78 Å². The zero-order chi connectivity index (χ0) is 18.7. The van der Waals surface area contributed by atoms with Gasteiger partial charge in [-0.25, -0.2) is 0 Å². The summed E-state index contributed by atoms with van der Waals surface area (Å²) in [6.07, 6.45) is -3.14. The van der Waals surface area contributed by atoms with Crippen LogP contribution in [0.4, 0.5) is 8.78 Å². The van der Waals surface area contributed by atoms with Crippen molar-refractivity contribution in [2.75, 3.05) is 13.2 Å². The van der Waals surface area contributed by atoms with E-state index in [9.17, 15) is 8.78 Å². The van der Waals surface area contributed by atoms with E-state index >= 15 is 0 Å². The predicted octanol–water partition coefficient (Wildman–Crippen LogP) is 3.80. The number of fused-ring (bicyclic) bond motifs is 2. The van der Waals surface area contributed by atoms with Gasteiger partial charge in [0.2, 0.25) is 6.29 Å². The molecule has 144 valence electrons. The van der Waals surface area contributed by atoms with Crippen LogP contribution < -0.4 is 0 Å². The second kappa shape index (κ2) is 8.02. The van der Waals surface area contributed by atoms with E-state index in [1.54, 1.807) is 0 Å². The molecule has 0 saturated carbocycles. The molecule has 0 amide bonds. The lowest BCUT2D eigenvalue weighted by Crippen LogP contribution is -2.72. The van der Waals surface area contributed by atoms with Gasteiger partial charge in [0.15, 0.2) is 0 Å². The number of hydrogen-bond acceptors (Lipinski definition) is 4. The zero-order valence-electron chi connectivity index (χ0n) is 14.8. The van der Waals surface area contributed by atoms with Crippen LogP contribution in [0.3, 0.4) is 0 Å². The average Bonchev–Trinajstić information content (AvgIpc) is 2.70. The molecule has 2 aromatic carbocycles. The van der Waals surface area contributed by atoms with Crippen molar-refractivity contribution in [3.05, 3.63) is 71.8 Å². The maximum absolute atomic E-state index is 14.1. The Kier molecular flexibility index (Phi) is 5.50. The number of ether oxygens (including phenoxy) is 4. The van der Waals surface area contributed by atoms with E-state index in [1.807, 2.05) is 60.7 Å². The maximum atomic E-state index is 14.1. The molecule has 0 aromatic heterocycles. The van der Waals surface area contributed by atoms with Crippen LogP contribution in [0.2, 0.25) is 0 Å². The van der Waals surface area contributed by atoms with E-state index in [0.717, 1.165) is 11.1 Å². The highest BCUT2D eigenvalue weighted by molar-refractivity contribution is 5.14. The monoisotopic (exact) mass is 376 g/mol. The normalized spacial score (nSPS) is 28.5. The fraction of sp³-hybridized carbons (Fsp3) is 0.429. The molecule has 5 rings (SSSR count). The van der Waals surface area contributed by atoms with Crippen molar-refractivity contribution in [3.63, 3.8) is 0 Å². The summed E-state index contributed by atoms with van der Waals surface area (Å²) in [7, 11) is 0. The molecule has 0 aliphatic carbocycles. The molecule has 0 unspecified atom stereocenters. The van der Waals surface area contributed by atoms with Gasteiger partial charge < -0.3 is 18.9 Å². The predicted molar refractivity (Wildman–Crippen MR) is 94.2 cm³/mol. The third-order valence-electron chi connectivity index (χ3n) is 4.94. The second-order valence-corrected chi connectivity index (χ2v) is 6.90. The fourth-order valence-corrected chi connectivity index (χ4v) is 3.45. The van der Waals surface area contributed by atoms with Crippen molar-refractivity contribution in [3.8, 4) is 0 Å². The molecule has 2 bridgehead atoms. The first-order valence-corrected chi connectivity index (χ1v) is 9.06. The molecule has 4 nitrogen and oxygen atoms in total. The zero-order valence-corrected chi connectivity index (χ0v) is 14.8. The highest BCUT2D eigenvalue weighted by Crippen LogP contribution is 2.49. The first-order chi connectivity index (χ1) is 13.1. The van der Waals surface area contributed by atoms with E-state index in [1.165, 1.54) is 0 Å². The van der Waals surface area contributed by atoms with E-state index in [2.05, 4.69) is 0 Å². The molecule has 3 fully saturated rings. The molecule has 3 saturated heterocycles. The smallest absolute Gasteiger partial charge is 0.323 e. The minimum Gasteiger partial charge on any atom is -0.376 e. The minimum absolute atomic E-state index is 0.126. The molecule has 6 heteroatoms. The summed E-state index contributed by atoms with van der Waals surface area (Å²) in [4.78, 5) is 0. The standard InChI is InChI=1S/C21H22F2O4/c22-21(23)19-17(13-24-11-15-7-3-1-4-8-15)18(26-20(21)27-19)14-25-12-16-9-5-2-6-10-16/h1-10,17-20H,11-14H2/t17-,18-,19-,20-/m1/s1. The van der Waals surface area contributed by atoms with E-state index in [0.29, 0.717) is 13.2 Å². The number of benzene rings is 2. The van der Waals surface area contributed by atoms with Gasteiger partial charge in [0.25, 0.3) is 0 Å². The van der Waals surface area contributed by atoms with Crippen LogP contribution in [0.5, 0.6) is 0 Å². The molecule has 2 aromatic rings. The lowest BCUT2D eigenvalue weighted by atomic mass is 9.85. The molecule has 0 N–H and O–H groups in total. The Hall–Kier alpha value is -1.86. The minimum atomic E-state index is -2.98. The summed E-state index contributed by atoms with van der Waals surface area (Å²) >= 11 is 0. The van der Waals surface area contributed by atoms with Gasteiger partial charge in [-0.1, -0.05) is 60.7 Å². The van der Waals surface area contributed by atoms with Gasteiger partial charge in [-0.05, 0) is 11.1 Å². The second-order valence-electron chi connectivity index (χ2n) is 6.90. The van der Waals surface area contributed by atoms with Crippen LogP contribution in [0.1, 0.15) is 11.1 Å². The summed E-state index contributed by atoms with van der Waals surface area (Å²) in [6.45, 7) is 1.11. The van der Waals surface area contributed by atoms with Gasteiger partial charge >= 0.3 is 5.92 Å². The molecular weight excluding hydrogens is 354 g/mol. The van der Waals surface area contributed by atoms with Crippen LogP contribution in [-0.4, -0.2) is 37.6 Å². The Morgan fingerprint density at radius 3 is 1.89 bits per heavy atom. The topological polar surface area (TPSA) is 36.9 Å². The summed E-state index contributed by atoms with van der Waals surface area (Å²) in [5, 5.41) is 0. The Morgan fingerprint density at radius 1 is 0.778 bits per heavy atom. The number of hydrogen-bond donors (Lipinski definition) is 0. The van der Waals surface area contributed by atoms with Gasteiger partial charge in [-0.3, -0.25) is 0 Å². The molecule has 3 aliphatic heterocycles. The quantitative estimate of drug-likeness (QED) is 0.702. The third kappa shape index (κ3) is 4.04. The number of alkyl halides is 2. The van der Waals surface area contributed by atoms with E-state index in [4.69, 9.17) is 18.9 Å². The molecule has 27 heavy (non-hydrogen) atoms. The summed E-state index contributed by atoms with van der Waals surface area (Å²) < 4.78 is 50.2.